The molecule has 1 aliphatic rings. The molecule has 6 heteroatoms. The minimum absolute atomic E-state index is 0.0558. The van der Waals surface area contributed by atoms with E-state index in [0.717, 1.165) is 39.4 Å². The van der Waals surface area contributed by atoms with Crippen LogP contribution in [0.5, 0.6) is 23.0 Å². The molecule has 1 aliphatic heterocycles. The Morgan fingerprint density at radius 3 is 2.55 bits per heavy atom. The molecular weight excluding hydrogens is 418 g/mol. The van der Waals surface area contributed by atoms with Crippen LogP contribution in [0.2, 0.25) is 0 Å². The van der Waals surface area contributed by atoms with Crippen molar-refractivity contribution in [2.75, 3.05) is 0 Å². The molecule has 5 rings (SSSR count). The summed E-state index contributed by atoms with van der Waals surface area (Å²) in [6.07, 6.45) is 3.72. The van der Waals surface area contributed by atoms with Crippen molar-refractivity contribution < 1.29 is 24.5 Å². The molecule has 0 atom stereocenters. The second kappa shape index (κ2) is 7.74. The first kappa shape index (κ1) is 20.7. The SMILES string of the molecule is CC(C)Oc1ccc(-c2cccc3c2c(/C=C2\Oc4cc(O)cc(O)c4C2=O)cn3C)cc1. The van der Waals surface area contributed by atoms with Gasteiger partial charge in [-0.2, -0.15) is 0 Å². The topological polar surface area (TPSA) is 80.9 Å². The van der Waals surface area contributed by atoms with Crippen LogP contribution >= 0.6 is 0 Å². The zero-order valence-electron chi connectivity index (χ0n) is 18.5. The quantitative estimate of drug-likeness (QED) is 0.400. The number of phenols is 2. The van der Waals surface area contributed by atoms with Gasteiger partial charge in [-0.05, 0) is 49.2 Å². The molecule has 4 aromatic rings. The van der Waals surface area contributed by atoms with Crippen molar-refractivity contribution in [3.63, 3.8) is 0 Å². The van der Waals surface area contributed by atoms with Crippen LogP contribution < -0.4 is 9.47 Å². The van der Waals surface area contributed by atoms with E-state index in [9.17, 15) is 15.0 Å². The Bertz CT molecular complexity index is 1430. The predicted octanol–water partition coefficient (Wildman–Crippen LogP) is 5.66. The Balaban J connectivity index is 1.61. The van der Waals surface area contributed by atoms with Crippen molar-refractivity contribution in [3.05, 3.63) is 77.7 Å². The van der Waals surface area contributed by atoms with Gasteiger partial charge in [0.25, 0.3) is 0 Å². The number of benzene rings is 3. The molecule has 0 spiro atoms. The summed E-state index contributed by atoms with van der Waals surface area (Å²) in [5.74, 6) is 0.145. The average molecular weight is 441 g/mol. The summed E-state index contributed by atoms with van der Waals surface area (Å²) in [6, 6.07) is 16.4. The lowest BCUT2D eigenvalue weighted by Crippen LogP contribution is -2.05. The monoisotopic (exact) mass is 441 g/mol. The van der Waals surface area contributed by atoms with Crippen LogP contribution in [-0.2, 0) is 7.05 Å². The van der Waals surface area contributed by atoms with Gasteiger partial charge in [-0.15, -0.1) is 0 Å². The summed E-state index contributed by atoms with van der Waals surface area (Å²) >= 11 is 0. The Kier molecular flexibility index (Phi) is 4.86. The highest BCUT2D eigenvalue weighted by Crippen LogP contribution is 2.41. The van der Waals surface area contributed by atoms with Gasteiger partial charge in [-0.3, -0.25) is 4.79 Å². The van der Waals surface area contributed by atoms with E-state index in [4.69, 9.17) is 9.47 Å². The van der Waals surface area contributed by atoms with E-state index in [1.54, 1.807) is 6.08 Å². The highest BCUT2D eigenvalue weighted by molar-refractivity contribution is 6.17. The smallest absolute Gasteiger partial charge is 0.235 e. The number of fused-ring (bicyclic) bond motifs is 2. The van der Waals surface area contributed by atoms with E-state index in [0.29, 0.717) is 0 Å². The van der Waals surface area contributed by atoms with Gasteiger partial charge in [-0.25, -0.2) is 0 Å². The summed E-state index contributed by atoms with van der Waals surface area (Å²) in [5, 5.41) is 20.8. The third kappa shape index (κ3) is 3.59. The number of aryl methyl sites for hydroxylation is 1. The molecule has 0 radical (unpaired) electrons. The first-order valence-electron chi connectivity index (χ1n) is 10.7. The second-order valence-corrected chi connectivity index (χ2v) is 8.36. The summed E-state index contributed by atoms with van der Waals surface area (Å²) < 4.78 is 13.5. The van der Waals surface area contributed by atoms with Crippen LogP contribution in [-0.4, -0.2) is 26.7 Å². The molecule has 0 saturated carbocycles. The van der Waals surface area contributed by atoms with Gasteiger partial charge in [-0.1, -0.05) is 24.3 Å². The zero-order chi connectivity index (χ0) is 23.3. The van der Waals surface area contributed by atoms with E-state index < -0.39 is 5.78 Å². The van der Waals surface area contributed by atoms with Gasteiger partial charge in [0.05, 0.1) is 6.10 Å². The lowest BCUT2D eigenvalue weighted by Gasteiger charge is -2.11. The number of hydrogen-bond donors (Lipinski definition) is 2. The molecule has 0 saturated heterocycles. The number of hydrogen-bond acceptors (Lipinski definition) is 5. The number of rotatable bonds is 4. The molecular formula is C27H23NO5. The maximum atomic E-state index is 12.9. The van der Waals surface area contributed by atoms with Gasteiger partial charge in [0.2, 0.25) is 5.78 Å². The molecule has 0 fully saturated rings. The van der Waals surface area contributed by atoms with Crippen LogP contribution in [0.4, 0.5) is 0 Å². The van der Waals surface area contributed by atoms with Gasteiger partial charge in [0, 0.05) is 41.8 Å². The third-order valence-corrected chi connectivity index (χ3v) is 5.60. The molecule has 0 bridgehead atoms. The number of nitrogens with zero attached hydrogens (tertiary/aromatic N) is 1. The van der Waals surface area contributed by atoms with E-state index in [-0.39, 0.29) is 34.7 Å². The molecule has 0 aliphatic carbocycles. The van der Waals surface area contributed by atoms with Crippen LogP contribution in [0.15, 0.2) is 66.6 Å². The molecule has 1 aromatic heterocycles. The molecule has 2 N–H and O–H groups in total. The van der Waals surface area contributed by atoms with Crippen molar-refractivity contribution >= 4 is 22.8 Å². The lowest BCUT2D eigenvalue weighted by molar-refractivity contribution is 0.101. The summed E-state index contributed by atoms with van der Waals surface area (Å²) in [7, 11) is 1.95. The fourth-order valence-electron chi connectivity index (χ4n) is 4.23. The predicted molar refractivity (Wildman–Crippen MR) is 127 cm³/mol. The highest BCUT2D eigenvalue weighted by atomic mass is 16.5. The number of phenolic OH excluding ortho intramolecular Hbond substituents is 2. The van der Waals surface area contributed by atoms with Crippen molar-refractivity contribution in [2.24, 2.45) is 7.05 Å². The zero-order valence-corrected chi connectivity index (χ0v) is 18.5. The number of carbonyl (C=O) groups excluding carboxylic acids is 1. The number of aromatic nitrogens is 1. The fraction of sp³-hybridized carbons (Fsp3) is 0.148. The Morgan fingerprint density at radius 1 is 1.06 bits per heavy atom. The molecule has 0 unspecified atom stereocenters. The number of ether oxygens (including phenoxy) is 2. The first-order chi connectivity index (χ1) is 15.8. The van der Waals surface area contributed by atoms with Gasteiger partial charge >= 0.3 is 0 Å². The fourth-order valence-corrected chi connectivity index (χ4v) is 4.23. The summed E-state index contributed by atoms with van der Waals surface area (Å²) in [4.78, 5) is 12.9. The maximum Gasteiger partial charge on any atom is 0.235 e. The number of aromatic hydroxyl groups is 2. The number of allylic oxidation sites excluding steroid dienone is 1. The van der Waals surface area contributed by atoms with Crippen molar-refractivity contribution in [1.29, 1.82) is 0 Å². The highest BCUT2D eigenvalue weighted by Gasteiger charge is 2.31. The molecule has 0 amide bonds. The van der Waals surface area contributed by atoms with Crippen LogP contribution in [0.1, 0.15) is 29.8 Å². The summed E-state index contributed by atoms with van der Waals surface area (Å²) in [5.41, 5.74) is 3.91. The molecule has 33 heavy (non-hydrogen) atoms. The Labute approximate surface area is 190 Å². The number of Topliss-reactive ketones (excluding diaryl/α,β-unsaturated/α-hetero) is 1. The van der Waals surface area contributed by atoms with Crippen molar-refractivity contribution in [2.45, 2.75) is 20.0 Å². The van der Waals surface area contributed by atoms with E-state index >= 15 is 0 Å². The first-order valence-corrected chi connectivity index (χ1v) is 10.7. The second-order valence-electron chi connectivity index (χ2n) is 8.36. The van der Waals surface area contributed by atoms with Crippen LogP contribution in [0.25, 0.3) is 28.1 Å². The van der Waals surface area contributed by atoms with Crippen molar-refractivity contribution in [1.82, 2.24) is 4.57 Å². The van der Waals surface area contributed by atoms with E-state index in [2.05, 4.69) is 0 Å². The van der Waals surface area contributed by atoms with Crippen LogP contribution in [0.3, 0.4) is 0 Å². The minimum Gasteiger partial charge on any atom is -0.508 e. The molecule has 166 valence electrons. The summed E-state index contributed by atoms with van der Waals surface area (Å²) in [6.45, 7) is 3.98. The van der Waals surface area contributed by atoms with Gasteiger partial charge in [0.1, 0.15) is 28.6 Å². The van der Waals surface area contributed by atoms with Gasteiger partial charge < -0.3 is 24.3 Å². The minimum atomic E-state index is -0.424. The Morgan fingerprint density at radius 2 is 1.82 bits per heavy atom. The molecule has 3 aromatic carbocycles. The van der Waals surface area contributed by atoms with Crippen molar-refractivity contribution in [3.8, 4) is 34.1 Å². The van der Waals surface area contributed by atoms with Crippen LogP contribution in [0, 0.1) is 0 Å². The lowest BCUT2D eigenvalue weighted by atomic mass is 9.98. The van der Waals surface area contributed by atoms with E-state index in [1.807, 2.05) is 74.1 Å². The normalized spacial score (nSPS) is 14.2. The maximum absolute atomic E-state index is 12.9. The third-order valence-electron chi connectivity index (χ3n) is 5.60. The van der Waals surface area contributed by atoms with E-state index in [1.165, 1.54) is 6.07 Å². The molecule has 2 heterocycles. The number of ketones is 1. The Hall–Kier alpha value is -4.19. The molecule has 6 nitrogen and oxygen atoms in total. The largest absolute Gasteiger partial charge is 0.508 e. The van der Waals surface area contributed by atoms with Gasteiger partial charge in [0.15, 0.2) is 5.76 Å². The standard InChI is InChI=1S/C27H23NO5/c1-15(2)32-19-9-7-16(8-10-19)20-5-4-6-21-25(20)17(14-28(21)3)11-24-27(31)26-22(30)12-18(29)13-23(26)33-24/h4-15,29-30H,1-3H3/b24-11-. The average Bonchev–Trinajstić information content (AvgIpc) is 3.25. The number of carbonyl (C=O) groups is 1.